The van der Waals surface area contributed by atoms with Crippen LogP contribution in [0, 0.1) is 24.1 Å². The lowest BCUT2D eigenvalue weighted by atomic mass is 10.00. The number of amides is 1. The van der Waals surface area contributed by atoms with Crippen molar-refractivity contribution in [1.29, 1.82) is 5.26 Å². The van der Waals surface area contributed by atoms with E-state index in [0.717, 1.165) is 22.5 Å². The SMILES string of the molecule is COc1cnc(Cl)c(F)c1-c1cc(C)ncc1C(=O)Nc1nnc(S[C@@H]2Cc3cc(C#N)ccc3[C@@H]2O)s1. The number of rotatable bonds is 6. The molecule has 1 amide bonds. The number of aliphatic hydroxyl groups excluding tert-OH is 1. The van der Waals surface area contributed by atoms with Crippen molar-refractivity contribution in [3.63, 3.8) is 0 Å². The third kappa shape index (κ3) is 4.93. The average Bonchev–Trinajstić information content (AvgIpc) is 3.48. The molecule has 3 aromatic heterocycles. The normalized spacial score (nSPS) is 16.1. The van der Waals surface area contributed by atoms with Gasteiger partial charge < -0.3 is 9.84 Å². The monoisotopic (exact) mass is 568 g/mol. The number of anilines is 1. The number of benzene rings is 1. The van der Waals surface area contributed by atoms with Gasteiger partial charge in [0.25, 0.3) is 5.91 Å². The Labute approximate surface area is 229 Å². The van der Waals surface area contributed by atoms with E-state index in [1.165, 1.54) is 31.3 Å². The first-order chi connectivity index (χ1) is 18.3. The second-order valence-electron chi connectivity index (χ2n) is 8.34. The number of thioether (sulfide) groups is 1. The number of nitrogens with zero attached hydrogens (tertiary/aromatic N) is 5. The fraction of sp³-hybridized carbons (Fsp3) is 0.200. The molecule has 3 heterocycles. The van der Waals surface area contributed by atoms with Crippen LogP contribution in [0.5, 0.6) is 5.75 Å². The number of methoxy groups -OCH3 is 1. The van der Waals surface area contributed by atoms with E-state index in [4.69, 9.17) is 21.6 Å². The number of nitrogens with one attached hydrogen (secondary N) is 1. The largest absolute Gasteiger partial charge is 0.494 e. The molecule has 2 atom stereocenters. The van der Waals surface area contributed by atoms with Gasteiger partial charge in [-0.1, -0.05) is 40.8 Å². The van der Waals surface area contributed by atoms with Crippen LogP contribution in [0.3, 0.4) is 0 Å². The molecule has 0 fully saturated rings. The number of halogens is 2. The molecule has 13 heteroatoms. The second kappa shape index (κ2) is 10.6. The number of aliphatic hydroxyl groups is 1. The number of fused-ring (bicyclic) bond motifs is 1. The number of aromatic nitrogens is 4. The van der Waals surface area contributed by atoms with Gasteiger partial charge in [-0.15, -0.1) is 10.2 Å². The van der Waals surface area contributed by atoms with Gasteiger partial charge in [0.05, 0.1) is 42.2 Å². The molecular weight excluding hydrogens is 551 g/mol. The van der Waals surface area contributed by atoms with Crippen LogP contribution in [0.4, 0.5) is 9.52 Å². The summed E-state index contributed by atoms with van der Waals surface area (Å²) in [4.78, 5) is 21.2. The van der Waals surface area contributed by atoms with Gasteiger partial charge in [0.1, 0.15) is 5.75 Å². The van der Waals surface area contributed by atoms with E-state index >= 15 is 4.39 Å². The van der Waals surface area contributed by atoms with Crippen LogP contribution in [-0.4, -0.2) is 43.5 Å². The molecule has 1 aliphatic carbocycles. The molecule has 0 unspecified atom stereocenters. The number of pyridine rings is 2. The van der Waals surface area contributed by atoms with Crippen LogP contribution >= 0.6 is 34.7 Å². The highest BCUT2D eigenvalue weighted by atomic mass is 35.5. The number of carbonyl (C=O) groups is 1. The molecule has 0 saturated carbocycles. The number of hydrogen-bond acceptors (Lipinski definition) is 10. The second-order valence-corrected chi connectivity index (χ2v) is 11.2. The van der Waals surface area contributed by atoms with Gasteiger partial charge in [-0.05, 0) is 42.7 Å². The molecule has 5 rings (SSSR count). The smallest absolute Gasteiger partial charge is 0.259 e. The zero-order valence-corrected chi connectivity index (χ0v) is 22.3. The third-order valence-corrected chi connectivity index (χ3v) is 8.41. The summed E-state index contributed by atoms with van der Waals surface area (Å²) in [6.07, 6.45) is 2.47. The predicted molar refractivity (Wildman–Crippen MR) is 141 cm³/mol. The molecule has 9 nitrogen and oxygen atoms in total. The van der Waals surface area contributed by atoms with E-state index in [9.17, 15) is 9.90 Å². The number of aryl methyl sites for hydroxylation is 1. The zero-order chi connectivity index (χ0) is 27.0. The Morgan fingerprint density at radius 2 is 2.13 bits per heavy atom. The summed E-state index contributed by atoms with van der Waals surface area (Å²) in [5.74, 6) is -1.29. The van der Waals surface area contributed by atoms with Crippen molar-refractivity contribution in [1.82, 2.24) is 20.2 Å². The Morgan fingerprint density at radius 3 is 2.89 bits per heavy atom. The molecule has 192 valence electrons. The number of nitriles is 1. The van der Waals surface area contributed by atoms with Crippen LogP contribution in [0.2, 0.25) is 5.15 Å². The van der Waals surface area contributed by atoms with Gasteiger partial charge in [-0.2, -0.15) is 5.26 Å². The molecule has 4 aromatic rings. The first-order valence-corrected chi connectivity index (χ1v) is 13.2. The minimum Gasteiger partial charge on any atom is -0.494 e. The molecular formula is C25H18ClFN6O3S2. The maximum absolute atomic E-state index is 15.0. The van der Waals surface area contributed by atoms with E-state index < -0.39 is 17.8 Å². The summed E-state index contributed by atoms with van der Waals surface area (Å²) in [5, 5.41) is 30.4. The average molecular weight is 569 g/mol. The fourth-order valence-corrected chi connectivity index (χ4v) is 6.48. The molecule has 0 aliphatic heterocycles. The van der Waals surface area contributed by atoms with Crippen LogP contribution in [0.25, 0.3) is 11.1 Å². The van der Waals surface area contributed by atoms with Gasteiger partial charge in [0, 0.05) is 22.7 Å². The molecule has 0 spiro atoms. The summed E-state index contributed by atoms with van der Waals surface area (Å²) in [7, 11) is 1.37. The van der Waals surface area contributed by atoms with Crippen LogP contribution in [-0.2, 0) is 6.42 Å². The Morgan fingerprint density at radius 1 is 1.32 bits per heavy atom. The third-order valence-electron chi connectivity index (χ3n) is 5.96. The number of ether oxygens (including phenoxy) is 1. The first-order valence-electron chi connectivity index (χ1n) is 11.2. The van der Waals surface area contributed by atoms with E-state index in [2.05, 4.69) is 31.6 Å². The van der Waals surface area contributed by atoms with E-state index in [1.807, 2.05) is 0 Å². The lowest BCUT2D eigenvalue weighted by Gasteiger charge is -2.14. The highest BCUT2D eigenvalue weighted by Crippen LogP contribution is 2.43. The number of carbonyl (C=O) groups excluding carboxylic acids is 1. The maximum Gasteiger partial charge on any atom is 0.259 e. The van der Waals surface area contributed by atoms with Crippen molar-refractivity contribution in [3.05, 3.63) is 75.6 Å². The van der Waals surface area contributed by atoms with E-state index in [0.29, 0.717) is 22.0 Å². The lowest BCUT2D eigenvalue weighted by molar-refractivity contribution is 0.102. The van der Waals surface area contributed by atoms with Crippen molar-refractivity contribution in [2.24, 2.45) is 0 Å². The summed E-state index contributed by atoms with van der Waals surface area (Å²) in [5.41, 5.74) is 3.11. The quantitative estimate of drug-likeness (QED) is 0.244. The van der Waals surface area contributed by atoms with Crippen LogP contribution < -0.4 is 10.1 Å². The van der Waals surface area contributed by atoms with E-state index in [1.54, 1.807) is 31.2 Å². The standard InChI is InChI=1S/C25H18ClFN6O3S2/c1-11-5-15(19-17(36-2)10-30-22(26)20(19)27)16(9-29-11)23(35)31-24-32-33-25(38-24)37-18-7-13-6-12(8-28)3-4-14(13)21(18)34/h3-6,9-10,18,21,34H,7H2,1-2H3,(H,31,32,35)/t18-,21+/m1/s1. The molecule has 0 saturated heterocycles. The van der Waals surface area contributed by atoms with Gasteiger partial charge >= 0.3 is 0 Å². The van der Waals surface area contributed by atoms with Gasteiger partial charge in [-0.25, -0.2) is 9.37 Å². The molecule has 1 aromatic carbocycles. The zero-order valence-electron chi connectivity index (χ0n) is 19.9. The maximum atomic E-state index is 15.0. The Kier molecular flexibility index (Phi) is 7.27. The Bertz CT molecular complexity index is 1610. The van der Waals surface area contributed by atoms with Crippen molar-refractivity contribution < 1.29 is 19.0 Å². The molecule has 2 N–H and O–H groups in total. The molecule has 0 radical (unpaired) electrons. The summed E-state index contributed by atoms with van der Waals surface area (Å²) in [6, 6.07) is 8.91. The summed E-state index contributed by atoms with van der Waals surface area (Å²) in [6.45, 7) is 1.71. The van der Waals surface area contributed by atoms with Crippen LogP contribution in [0.15, 0.2) is 41.0 Å². The molecule has 38 heavy (non-hydrogen) atoms. The first kappa shape index (κ1) is 26.0. The molecule has 1 aliphatic rings. The van der Waals surface area contributed by atoms with Crippen molar-refractivity contribution >= 4 is 45.7 Å². The summed E-state index contributed by atoms with van der Waals surface area (Å²) >= 11 is 8.40. The van der Waals surface area contributed by atoms with Gasteiger partial charge in [-0.3, -0.25) is 15.1 Å². The fourth-order valence-electron chi connectivity index (χ4n) is 4.18. The predicted octanol–water partition coefficient (Wildman–Crippen LogP) is 4.98. The summed E-state index contributed by atoms with van der Waals surface area (Å²) < 4.78 is 20.8. The van der Waals surface area contributed by atoms with Gasteiger partial charge in [0.15, 0.2) is 15.3 Å². The van der Waals surface area contributed by atoms with Crippen molar-refractivity contribution in [2.75, 3.05) is 12.4 Å². The highest BCUT2D eigenvalue weighted by molar-refractivity contribution is 8.01. The number of hydrogen-bond donors (Lipinski definition) is 2. The Hall–Kier alpha value is -3.63. The topological polar surface area (TPSA) is 134 Å². The van der Waals surface area contributed by atoms with Crippen molar-refractivity contribution in [2.45, 2.75) is 29.0 Å². The van der Waals surface area contributed by atoms with Crippen LogP contribution in [0.1, 0.15) is 38.8 Å². The van der Waals surface area contributed by atoms with Crippen molar-refractivity contribution in [3.8, 4) is 22.9 Å². The Balaban J connectivity index is 1.36. The minimum absolute atomic E-state index is 0.00833. The van der Waals surface area contributed by atoms with Gasteiger partial charge in [0.2, 0.25) is 5.13 Å². The lowest BCUT2D eigenvalue weighted by Crippen LogP contribution is -2.14. The highest BCUT2D eigenvalue weighted by Gasteiger charge is 2.33. The van der Waals surface area contributed by atoms with E-state index in [-0.39, 0.29) is 38.0 Å². The molecule has 0 bridgehead atoms. The minimum atomic E-state index is -0.821.